The summed E-state index contributed by atoms with van der Waals surface area (Å²) in [7, 11) is 3.24. The quantitative estimate of drug-likeness (QED) is 0.782. The Morgan fingerprint density at radius 3 is 2.47 bits per heavy atom. The van der Waals surface area contributed by atoms with E-state index < -0.39 is 0 Å². The fourth-order valence-electron chi connectivity index (χ4n) is 1.48. The van der Waals surface area contributed by atoms with E-state index in [4.69, 9.17) is 14.6 Å². The van der Waals surface area contributed by atoms with Gasteiger partial charge in [-0.15, -0.1) is 11.8 Å². The van der Waals surface area contributed by atoms with E-state index in [0.29, 0.717) is 6.42 Å². The van der Waals surface area contributed by atoms with Crippen molar-refractivity contribution in [1.29, 1.82) is 0 Å². The van der Waals surface area contributed by atoms with E-state index >= 15 is 0 Å². The standard InChI is InChI=1S/C11H16O3S/c1-13-9-5-4-8(6-7-12)11(15-3)10(9)14-2/h4-5,12H,6-7H2,1-3H3. The summed E-state index contributed by atoms with van der Waals surface area (Å²) >= 11 is 1.60. The van der Waals surface area contributed by atoms with Gasteiger partial charge in [0, 0.05) is 6.61 Å². The molecule has 0 amide bonds. The number of ether oxygens (including phenoxy) is 2. The molecule has 0 aliphatic heterocycles. The summed E-state index contributed by atoms with van der Waals surface area (Å²) in [5, 5.41) is 8.95. The summed E-state index contributed by atoms with van der Waals surface area (Å²) in [6.07, 6.45) is 2.62. The molecule has 15 heavy (non-hydrogen) atoms. The second-order valence-electron chi connectivity index (χ2n) is 2.97. The van der Waals surface area contributed by atoms with Crippen LogP contribution in [0.15, 0.2) is 17.0 Å². The van der Waals surface area contributed by atoms with Gasteiger partial charge in [-0.2, -0.15) is 0 Å². The van der Waals surface area contributed by atoms with Gasteiger partial charge in [0.2, 0.25) is 0 Å². The monoisotopic (exact) mass is 228 g/mol. The largest absolute Gasteiger partial charge is 0.493 e. The predicted molar refractivity (Wildman–Crippen MR) is 62.1 cm³/mol. The van der Waals surface area contributed by atoms with E-state index in [0.717, 1.165) is 22.0 Å². The van der Waals surface area contributed by atoms with Crippen molar-refractivity contribution in [2.45, 2.75) is 11.3 Å². The second kappa shape index (κ2) is 5.88. The van der Waals surface area contributed by atoms with Gasteiger partial charge in [0.15, 0.2) is 11.5 Å². The molecule has 1 rings (SSSR count). The fourth-order valence-corrected chi connectivity index (χ4v) is 2.28. The van der Waals surface area contributed by atoms with E-state index in [1.165, 1.54) is 0 Å². The zero-order valence-electron chi connectivity index (χ0n) is 9.24. The first-order valence-corrected chi connectivity index (χ1v) is 5.89. The first-order chi connectivity index (χ1) is 7.28. The van der Waals surface area contributed by atoms with Crippen LogP contribution in [0.25, 0.3) is 0 Å². The normalized spacial score (nSPS) is 10.1. The Kier molecular flexibility index (Phi) is 4.78. The smallest absolute Gasteiger partial charge is 0.174 e. The SMILES string of the molecule is COc1ccc(CCO)c(SC)c1OC. The highest BCUT2D eigenvalue weighted by Crippen LogP contribution is 2.39. The summed E-state index contributed by atoms with van der Waals surface area (Å²) in [6, 6.07) is 3.83. The Bertz CT molecular complexity index is 326. The van der Waals surface area contributed by atoms with E-state index in [1.807, 2.05) is 18.4 Å². The second-order valence-corrected chi connectivity index (χ2v) is 3.78. The lowest BCUT2D eigenvalue weighted by Gasteiger charge is -2.14. The molecule has 1 aromatic rings. The van der Waals surface area contributed by atoms with E-state index in [-0.39, 0.29) is 6.61 Å². The van der Waals surface area contributed by atoms with E-state index in [1.54, 1.807) is 26.0 Å². The van der Waals surface area contributed by atoms with Gasteiger partial charge in [-0.1, -0.05) is 6.07 Å². The van der Waals surface area contributed by atoms with Gasteiger partial charge in [-0.25, -0.2) is 0 Å². The zero-order chi connectivity index (χ0) is 11.3. The Morgan fingerprint density at radius 1 is 1.27 bits per heavy atom. The molecule has 0 fully saturated rings. The van der Waals surface area contributed by atoms with Crippen LogP contribution in [0.2, 0.25) is 0 Å². The van der Waals surface area contributed by atoms with E-state index in [2.05, 4.69) is 0 Å². The molecule has 0 saturated carbocycles. The van der Waals surface area contributed by atoms with Crippen LogP contribution in [0, 0.1) is 0 Å². The van der Waals surface area contributed by atoms with Crippen LogP contribution in [0.4, 0.5) is 0 Å². The van der Waals surface area contributed by atoms with Gasteiger partial charge in [-0.05, 0) is 24.3 Å². The molecule has 0 saturated heterocycles. The number of methoxy groups -OCH3 is 2. The molecule has 0 bridgehead atoms. The van der Waals surface area contributed by atoms with Gasteiger partial charge in [-0.3, -0.25) is 0 Å². The van der Waals surface area contributed by atoms with Crippen LogP contribution in [-0.2, 0) is 6.42 Å². The van der Waals surface area contributed by atoms with Gasteiger partial charge in [0.25, 0.3) is 0 Å². The lowest BCUT2D eigenvalue weighted by Crippen LogP contribution is -1.98. The third-order valence-corrected chi connectivity index (χ3v) is 3.02. The molecule has 84 valence electrons. The number of hydrogen-bond donors (Lipinski definition) is 1. The molecule has 0 unspecified atom stereocenters. The highest BCUT2D eigenvalue weighted by atomic mass is 32.2. The summed E-state index contributed by atoms with van der Waals surface area (Å²) in [4.78, 5) is 1.03. The van der Waals surface area contributed by atoms with E-state index in [9.17, 15) is 0 Å². The molecule has 0 aliphatic carbocycles. The number of aliphatic hydroxyl groups is 1. The minimum Gasteiger partial charge on any atom is -0.493 e. The predicted octanol–water partition coefficient (Wildman–Crippen LogP) is 1.96. The highest BCUT2D eigenvalue weighted by Gasteiger charge is 2.13. The Labute approximate surface area is 94.4 Å². The Balaban J connectivity index is 3.21. The van der Waals surface area contributed by atoms with Crippen LogP contribution >= 0.6 is 11.8 Å². The Hall–Kier alpha value is -0.870. The summed E-state index contributed by atoms with van der Waals surface area (Å²) < 4.78 is 10.5. The molecule has 1 N–H and O–H groups in total. The highest BCUT2D eigenvalue weighted by molar-refractivity contribution is 7.98. The molecule has 1 aromatic carbocycles. The number of thioether (sulfide) groups is 1. The molecule has 0 radical (unpaired) electrons. The van der Waals surface area contributed by atoms with Crippen LogP contribution in [0.1, 0.15) is 5.56 Å². The van der Waals surface area contributed by atoms with Crippen molar-refractivity contribution in [3.05, 3.63) is 17.7 Å². The lowest BCUT2D eigenvalue weighted by atomic mass is 10.1. The average Bonchev–Trinajstić information content (AvgIpc) is 2.28. The third kappa shape index (κ3) is 2.58. The van der Waals surface area contributed by atoms with Crippen LogP contribution in [0.5, 0.6) is 11.5 Å². The maximum atomic E-state index is 8.95. The number of benzene rings is 1. The molecular weight excluding hydrogens is 212 g/mol. The van der Waals surface area contributed by atoms with Crippen LogP contribution in [-0.4, -0.2) is 32.2 Å². The molecule has 0 aromatic heterocycles. The first-order valence-electron chi connectivity index (χ1n) is 4.67. The fraction of sp³-hybridized carbons (Fsp3) is 0.455. The molecular formula is C11H16O3S. The first kappa shape index (κ1) is 12.2. The molecule has 4 heteroatoms. The van der Waals surface area contributed by atoms with Crippen LogP contribution < -0.4 is 9.47 Å². The van der Waals surface area contributed by atoms with Gasteiger partial charge < -0.3 is 14.6 Å². The molecule has 3 nitrogen and oxygen atoms in total. The summed E-state index contributed by atoms with van der Waals surface area (Å²) in [5.74, 6) is 1.47. The van der Waals surface area contributed by atoms with Crippen molar-refractivity contribution in [3.63, 3.8) is 0 Å². The van der Waals surface area contributed by atoms with Crippen molar-refractivity contribution in [2.24, 2.45) is 0 Å². The average molecular weight is 228 g/mol. The van der Waals surface area contributed by atoms with Gasteiger partial charge in [0.05, 0.1) is 19.1 Å². The topological polar surface area (TPSA) is 38.7 Å². The number of rotatable bonds is 5. The number of aliphatic hydroxyl groups excluding tert-OH is 1. The minimum absolute atomic E-state index is 0.142. The molecule has 0 atom stereocenters. The maximum absolute atomic E-state index is 8.95. The molecule has 0 heterocycles. The Morgan fingerprint density at radius 2 is 2.00 bits per heavy atom. The molecule has 0 spiro atoms. The number of hydrogen-bond acceptors (Lipinski definition) is 4. The van der Waals surface area contributed by atoms with Crippen molar-refractivity contribution < 1.29 is 14.6 Å². The third-order valence-electron chi connectivity index (χ3n) is 2.17. The lowest BCUT2D eigenvalue weighted by molar-refractivity contribution is 0.297. The summed E-state index contributed by atoms with van der Waals surface area (Å²) in [5.41, 5.74) is 1.09. The zero-order valence-corrected chi connectivity index (χ0v) is 10.1. The van der Waals surface area contributed by atoms with Gasteiger partial charge >= 0.3 is 0 Å². The van der Waals surface area contributed by atoms with Crippen LogP contribution in [0.3, 0.4) is 0 Å². The van der Waals surface area contributed by atoms with Crippen molar-refractivity contribution in [3.8, 4) is 11.5 Å². The molecule has 0 aliphatic rings. The summed E-state index contributed by atoms with van der Waals surface area (Å²) in [6.45, 7) is 0.142. The maximum Gasteiger partial charge on any atom is 0.174 e. The minimum atomic E-state index is 0.142. The van der Waals surface area contributed by atoms with Crippen molar-refractivity contribution >= 4 is 11.8 Å². The van der Waals surface area contributed by atoms with Crippen molar-refractivity contribution in [1.82, 2.24) is 0 Å². The van der Waals surface area contributed by atoms with Crippen molar-refractivity contribution in [2.75, 3.05) is 27.1 Å². The van der Waals surface area contributed by atoms with Gasteiger partial charge in [0.1, 0.15) is 0 Å².